The molecule has 0 aliphatic carbocycles. The van der Waals surface area contributed by atoms with Gasteiger partial charge >= 0.3 is 0 Å². The van der Waals surface area contributed by atoms with Crippen LogP contribution in [0.25, 0.3) is 0 Å². The van der Waals surface area contributed by atoms with Gasteiger partial charge in [0.15, 0.2) is 0 Å². The first-order valence-corrected chi connectivity index (χ1v) is 8.29. The summed E-state index contributed by atoms with van der Waals surface area (Å²) in [5, 5.41) is 10.4. The van der Waals surface area contributed by atoms with Crippen molar-refractivity contribution in [1.29, 1.82) is 0 Å². The van der Waals surface area contributed by atoms with Crippen LogP contribution in [0, 0.1) is 12.8 Å². The lowest BCUT2D eigenvalue weighted by molar-refractivity contribution is -0.130. The molecule has 1 aromatic rings. The van der Waals surface area contributed by atoms with E-state index in [-0.39, 0.29) is 11.8 Å². The van der Waals surface area contributed by atoms with Crippen LogP contribution in [0.2, 0.25) is 0 Å². The van der Waals surface area contributed by atoms with E-state index in [1.807, 2.05) is 25.1 Å². The average molecular weight is 316 g/mol. The lowest BCUT2D eigenvalue weighted by Crippen LogP contribution is -2.46. The first kappa shape index (κ1) is 17.7. The maximum Gasteiger partial charge on any atom is 0.246 e. The molecule has 1 aliphatic rings. The summed E-state index contributed by atoms with van der Waals surface area (Å²) in [5.74, 6) is 0.228. The SMILES string of the molecule is Cc1cccc(C[C@H]2CCN(C(=O)/C=C/CN(C)C)C[C@@H]2O)c1. The van der Waals surface area contributed by atoms with Crippen molar-refractivity contribution in [2.75, 3.05) is 33.7 Å². The zero-order valence-electron chi connectivity index (χ0n) is 14.4. The van der Waals surface area contributed by atoms with Crippen molar-refractivity contribution < 1.29 is 9.90 Å². The fraction of sp³-hybridized carbons (Fsp3) is 0.526. The van der Waals surface area contributed by atoms with Crippen LogP contribution in [0.3, 0.4) is 0 Å². The summed E-state index contributed by atoms with van der Waals surface area (Å²) in [6, 6.07) is 8.43. The Bertz CT molecular complexity index is 554. The van der Waals surface area contributed by atoms with Gasteiger partial charge < -0.3 is 14.9 Å². The fourth-order valence-corrected chi connectivity index (χ4v) is 3.03. The second kappa shape index (κ2) is 8.27. The van der Waals surface area contributed by atoms with E-state index in [9.17, 15) is 9.90 Å². The molecule has 0 spiro atoms. The third-order valence-electron chi connectivity index (χ3n) is 4.34. The van der Waals surface area contributed by atoms with Gasteiger partial charge in [-0.1, -0.05) is 35.9 Å². The number of carbonyl (C=O) groups is 1. The van der Waals surface area contributed by atoms with Gasteiger partial charge in [-0.15, -0.1) is 0 Å². The Balaban J connectivity index is 1.87. The van der Waals surface area contributed by atoms with E-state index < -0.39 is 6.10 Å². The molecule has 1 aromatic carbocycles. The van der Waals surface area contributed by atoms with Gasteiger partial charge in [-0.2, -0.15) is 0 Å². The molecular weight excluding hydrogens is 288 g/mol. The van der Waals surface area contributed by atoms with E-state index >= 15 is 0 Å². The molecule has 0 bridgehead atoms. The van der Waals surface area contributed by atoms with Gasteiger partial charge in [0, 0.05) is 25.7 Å². The number of hydrogen-bond acceptors (Lipinski definition) is 3. The van der Waals surface area contributed by atoms with E-state index in [1.165, 1.54) is 11.1 Å². The minimum Gasteiger partial charge on any atom is -0.391 e. The number of aliphatic hydroxyl groups is 1. The number of piperidine rings is 1. The molecule has 1 fully saturated rings. The van der Waals surface area contributed by atoms with Crippen molar-refractivity contribution in [2.24, 2.45) is 5.92 Å². The van der Waals surface area contributed by atoms with Crippen LogP contribution in [0.15, 0.2) is 36.4 Å². The first-order valence-electron chi connectivity index (χ1n) is 8.29. The molecule has 1 aliphatic heterocycles. The number of aliphatic hydroxyl groups excluding tert-OH is 1. The van der Waals surface area contributed by atoms with Gasteiger partial charge in [0.25, 0.3) is 0 Å². The van der Waals surface area contributed by atoms with Crippen LogP contribution in [0.4, 0.5) is 0 Å². The molecule has 1 heterocycles. The number of hydrogen-bond donors (Lipinski definition) is 1. The summed E-state index contributed by atoms with van der Waals surface area (Å²) in [4.78, 5) is 15.9. The monoisotopic (exact) mass is 316 g/mol. The highest BCUT2D eigenvalue weighted by Gasteiger charge is 2.29. The zero-order valence-corrected chi connectivity index (χ0v) is 14.4. The predicted octanol–water partition coefficient (Wildman–Crippen LogP) is 1.86. The normalized spacial score (nSPS) is 22.0. The van der Waals surface area contributed by atoms with Gasteiger partial charge in [0.05, 0.1) is 6.10 Å². The summed E-state index contributed by atoms with van der Waals surface area (Å²) in [7, 11) is 3.94. The molecule has 2 rings (SSSR count). The summed E-state index contributed by atoms with van der Waals surface area (Å²) >= 11 is 0. The fourth-order valence-electron chi connectivity index (χ4n) is 3.03. The number of likely N-dealkylation sites (N-methyl/N-ethyl adjacent to an activating group) is 1. The lowest BCUT2D eigenvalue weighted by atomic mass is 9.87. The van der Waals surface area contributed by atoms with Crippen LogP contribution in [-0.2, 0) is 11.2 Å². The molecule has 23 heavy (non-hydrogen) atoms. The minimum absolute atomic E-state index is 0.0000874. The first-order chi connectivity index (χ1) is 11.0. The number of amides is 1. The maximum atomic E-state index is 12.1. The minimum atomic E-state index is -0.449. The highest BCUT2D eigenvalue weighted by atomic mass is 16.3. The van der Waals surface area contributed by atoms with Crippen LogP contribution in [-0.4, -0.2) is 60.6 Å². The molecule has 126 valence electrons. The largest absolute Gasteiger partial charge is 0.391 e. The van der Waals surface area contributed by atoms with Gasteiger partial charge in [-0.3, -0.25) is 4.79 Å². The number of aryl methyl sites for hydroxylation is 1. The van der Waals surface area contributed by atoms with E-state index in [4.69, 9.17) is 0 Å². The quantitative estimate of drug-likeness (QED) is 0.843. The predicted molar refractivity (Wildman–Crippen MR) is 93.3 cm³/mol. The van der Waals surface area contributed by atoms with E-state index in [1.54, 1.807) is 11.0 Å². The number of rotatable bonds is 5. The Kier molecular flexibility index (Phi) is 6.37. The van der Waals surface area contributed by atoms with E-state index in [0.29, 0.717) is 6.54 Å². The topological polar surface area (TPSA) is 43.8 Å². The molecule has 0 radical (unpaired) electrons. The van der Waals surface area contributed by atoms with Gasteiger partial charge in [0.1, 0.15) is 0 Å². The van der Waals surface area contributed by atoms with Crippen LogP contribution >= 0.6 is 0 Å². The molecule has 4 nitrogen and oxygen atoms in total. The molecule has 2 atom stereocenters. The summed E-state index contributed by atoms with van der Waals surface area (Å²) in [5.41, 5.74) is 2.51. The van der Waals surface area contributed by atoms with E-state index in [2.05, 4.69) is 31.2 Å². The van der Waals surface area contributed by atoms with Crippen molar-refractivity contribution in [3.05, 3.63) is 47.5 Å². The van der Waals surface area contributed by atoms with Crippen LogP contribution in [0.5, 0.6) is 0 Å². The molecule has 1 amide bonds. The maximum absolute atomic E-state index is 12.1. The molecular formula is C19H28N2O2. The second-order valence-electron chi connectivity index (χ2n) is 6.76. The van der Waals surface area contributed by atoms with E-state index in [0.717, 1.165) is 25.9 Å². The van der Waals surface area contributed by atoms with Crippen molar-refractivity contribution in [3.63, 3.8) is 0 Å². The standard InChI is InChI=1S/C19H28N2O2/c1-15-6-4-7-16(12-15)13-17-9-11-21(14-18(17)22)19(23)8-5-10-20(2)3/h4-8,12,17-18,22H,9-11,13-14H2,1-3H3/b8-5+/t17-,18+/m1/s1. The highest BCUT2D eigenvalue weighted by Crippen LogP contribution is 2.23. The third kappa shape index (κ3) is 5.48. The highest BCUT2D eigenvalue weighted by molar-refractivity contribution is 5.87. The second-order valence-corrected chi connectivity index (χ2v) is 6.76. The number of carbonyl (C=O) groups excluding carboxylic acids is 1. The summed E-state index contributed by atoms with van der Waals surface area (Å²) < 4.78 is 0. The van der Waals surface area contributed by atoms with Gasteiger partial charge in [-0.05, 0) is 45.3 Å². The summed E-state index contributed by atoms with van der Waals surface area (Å²) in [6.45, 7) is 3.99. The van der Waals surface area contributed by atoms with Crippen LogP contribution in [0.1, 0.15) is 17.5 Å². The molecule has 1 saturated heterocycles. The average Bonchev–Trinajstić information content (AvgIpc) is 2.49. The lowest BCUT2D eigenvalue weighted by Gasteiger charge is -2.35. The van der Waals surface area contributed by atoms with Crippen molar-refractivity contribution in [3.8, 4) is 0 Å². The van der Waals surface area contributed by atoms with Crippen molar-refractivity contribution in [2.45, 2.75) is 25.9 Å². The molecule has 0 aromatic heterocycles. The zero-order chi connectivity index (χ0) is 16.8. The Morgan fingerprint density at radius 1 is 1.43 bits per heavy atom. The Morgan fingerprint density at radius 3 is 2.87 bits per heavy atom. The van der Waals surface area contributed by atoms with Crippen molar-refractivity contribution >= 4 is 5.91 Å². The Hall–Kier alpha value is -1.65. The number of β-amino-alcohol motifs (C(OH)–C–C–N with tert-alkyl or cyclic N) is 1. The molecule has 0 saturated carbocycles. The Labute approximate surface area is 139 Å². The molecule has 4 heteroatoms. The van der Waals surface area contributed by atoms with Crippen LogP contribution < -0.4 is 0 Å². The third-order valence-corrected chi connectivity index (χ3v) is 4.34. The molecule has 1 N–H and O–H groups in total. The summed E-state index contributed by atoms with van der Waals surface area (Å²) in [6.07, 6.45) is 4.76. The molecule has 0 unspecified atom stereocenters. The smallest absolute Gasteiger partial charge is 0.246 e. The number of nitrogens with zero attached hydrogens (tertiary/aromatic N) is 2. The van der Waals surface area contributed by atoms with Crippen molar-refractivity contribution in [1.82, 2.24) is 9.80 Å². The number of likely N-dealkylation sites (tertiary alicyclic amines) is 1. The Morgan fingerprint density at radius 2 is 2.22 bits per heavy atom. The van der Waals surface area contributed by atoms with Gasteiger partial charge in [0.2, 0.25) is 5.91 Å². The van der Waals surface area contributed by atoms with Gasteiger partial charge in [-0.25, -0.2) is 0 Å². The number of benzene rings is 1.